The fraction of sp³-hybridized carbons (Fsp3) is 0.368. The minimum absolute atomic E-state index is 0.0493. The Kier molecular flexibility index (Phi) is 4.72. The van der Waals surface area contributed by atoms with Gasteiger partial charge < -0.3 is 15.1 Å². The third-order valence-electron chi connectivity index (χ3n) is 4.90. The smallest absolute Gasteiger partial charge is 0.349 e. The maximum absolute atomic E-state index is 12.6. The first-order valence-electron chi connectivity index (χ1n) is 9.04. The molecule has 0 spiro atoms. The van der Waals surface area contributed by atoms with Gasteiger partial charge in [0.25, 0.3) is 5.91 Å². The maximum atomic E-state index is 12.6. The molecule has 2 N–H and O–H groups in total. The molecule has 0 aromatic carbocycles. The summed E-state index contributed by atoms with van der Waals surface area (Å²) >= 11 is 0. The molecule has 1 aliphatic rings. The minimum Gasteiger partial charge on any atom is -0.427 e. The third kappa shape index (κ3) is 3.48. The molecule has 0 radical (unpaired) electrons. The van der Waals surface area contributed by atoms with Gasteiger partial charge in [-0.2, -0.15) is 5.10 Å². The van der Waals surface area contributed by atoms with Crippen LogP contribution in [0, 0.1) is 6.92 Å². The number of carbonyl (C=O) groups is 1. The van der Waals surface area contributed by atoms with Crippen LogP contribution < -0.4 is 16.3 Å². The topological polar surface area (TPSA) is 102 Å². The second kappa shape index (κ2) is 7.32. The van der Waals surface area contributed by atoms with Crippen LogP contribution in [-0.2, 0) is 6.54 Å². The standard InChI is InChI=1S/C19H21N5O3/c1-12-8-15(13-4-3-7-20-9-13)27-19(26)17(12)18(25)21-10-14-5-2-6-16-22-11-23-24(14)16/h2,5-6,8,11,13,20H,3-4,7,9-10H2,1H3,(H,21,25). The van der Waals surface area contributed by atoms with Gasteiger partial charge in [0.05, 0.1) is 12.2 Å². The van der Waals surface area contributed by atoms with E-state index in [0.29, 0.717) is 17.0 Å². The molecule has 1 unspecified atom stereocenters. The molecule has 0 aliphatic carbocycles. The zero-order valence-electron chi connectivity index (χ0n) is 15.1. The number of rotatable bonds is 4. The van der Waals surface area contributed by atoms with Crippen LogP contribution in [0.25, 0.3) is 5.65 Å². The number of pyridine rings is 1. The molecule has 1 amide bonds. The van der Waals surface area contributed by atoms with Gasteiger partial charge in [0.1, 0.15) is 17.7 Å². The zero-order valence-corrected chi connectivity index (χ0v) is 15.1. The lowest BCUT2D eigenvalue weighted by atomic mass is 9.95. The normalized spacial score (nSPS) is 17.1. The van der Waals surface area contributed by atoms with Gasteiger partial charge in [-0.1, -0.05) is 6.07 Å². The number of hydrogen-bond acceptors (Lipinski definition) is 6. The number of fused-ring (bicyclic) bond motifs is 1. The van der Waals surface area contributed by atoms with E-state index in [4.69, 9.17) is 4.42 Å². The van der Waals surface area contributed by atoms with Crippen molar-refractivity contribution in [3.8, 4) is 0 Å². The highest BCUT2D eigenvalue weighted by atomic mass is 16.4. The highest BCUT2D eigenvalue weighted by Gasteiger charge is 2.22. The summed E-state index contributed by atoms with van der Waals surface area (Å²) in [5, 5.41) is 10.2. The first-order valence-corrected chi connectivity index (χ1v) is 9.04. The quantitative estimate of drug-likeness (QED) is 0.723. The van der Waals surface area contributed by atoms with E-state index in [-0.39, 0.29) is 18.0 Å². The van der Waals surface area contributed by atoms with E-state index in [1.165, 1.54) is 6.33 Å². The van der Waals surface area contributed by atoms with Gasteiger partial charge in [-0.05, 0) is 50.1 Å². The Labute approximate surface area is 155 Å². The van der Waals surface area contributed by atoms with Gasteiger partial charge in [0, 0.05) is 12.5 Å². The summed E-state index contributed by atoms with van der Waals surface area (Å²) in [7, 11) is 0. The fourth-order valence-corrected chi connectivity index (χ4v) is 3.50. The number of aromatic nitrogens is 3. The summed E-state index contributed by atoms with van der Waals surface area (Å²) in [6, 6.07) is 7.33. The first kappa shape index (κ1) is 17.4. The second-order valence-corrected chi connectivity index (χ2v) is 6.77. The molecule has 1 atom stereocenters. The molecule has 27 heavy (non-hydrogen) atoms. The number of carbonyl (C=O) groups excluding carboxylic acids is 1. The van der Waals surface area contributed by atoms with Gasteiger partial charge in [0.2, 0.25) is 0 Å². The highest BCUT2D eigenvalue weighted by Crippen LogP contribution is 2.23. The molecular weight excluding hydrogens is 346 g/mol. The van der Waals surface area contributed by atoms with Crippen LogP contribution >= 0.6 is 0 Å². The van der Waals surface area contributed by atoms with Crippen LogP contribution in [0.1, 0.15) is 46.1 Å². The van der Waals surface area contributed by atoms with Crippen LogP contribution in [0.3, 0.4) is 0 Å². The summed E-state index contributed by atoms with van der Waals surface area (Å²) in [6.07, 6.45) is 3.48. The molecule has 3 aromatic rings. The maximum Gasteiger partial charge on any atom is 0.349 e. The third-order valence-corrected chi connectivity index (χ3v) is 4.90. The fourth-order valence-electron chi connectivity index (χ4n) is 3.50. The van der Waals surface area contributed by atoms with Gasteiger partial charge in [-0.3, -0.25) is 4.79 Å². The van der Waals surface area contributed by atoms with Crippen molar-refractivity contribution in [2.24, 2.45) is 0 Å². The van der Waals surface area contributed by atoms with Crippen molar-refractivity contribution in [2.45, 2.75) is 32.2 Å². The van der Waals surface area contributed by atoms with Crippen molar-refractivity contribution in [1.82, 2.24) is 25.2 Å². The monoisotopic (exact) mass is 367 g/mol. The van der Waals surface area contributed by atoms with Crippen LogP contribution in [0.5, 0.6) is 0 Å². The molecule has 0 saturated carbocycles. The van der Waals surface area contributed by atoms with Gasteiger partial charge in [-0.15, -0.1) is 0 Å². The number of nitrogens with one attached hydrogen (secondary N) is 2. The molecular formula is C19H21N5O3. The van der Waals surface area contributed by atoms with Crippen LogP contribution in [0.15, 0.2) is 39.8 Å². The van der Waals surface area contributed by atoms with Crippen LogP contribution in [0.4, 0.5) is 0 Å². The molecule has 1 aliphatic heterocycles. The molecule has 140 valence electrons. The lowest BCUT2D eigenvalue weighted by Crippen LogP contribution is -2.32. The summed E-state index contributed by atoms with van der Waals surface area (Å²) in [5.41, 5.74) is 1.55. The number of hydrogen-bond donors (Lipinski definition) is 2. The molecule has 4 heterocycles. The van der Waals surface area contributed by atoms with E-state index in [9.17, 15) is 9.59 Å². The lowest BCUT2D eigenvalue weighted by molar-refractivity contribution is 0.0945. The van der Waals surface area contributed by atoms with E-state index in [1.807, 2.05) is 24.3 Å². The van der Waals surface area contributed by atoms with E-state index in [1.54, 1.807) is 11.4 Å². The van der Waals surface area contributed by atoms with Gasteiger partial charge in [-0.25, -0.2) is 14.3 Å². The zero-order chi connectivity index (χ0) is 18.8. The minimum atomic E-state index is -0.591. The largest absolute Gasteiger partial charge is 0.427 e. The lowest BCUT2D eigenvalue weighted by Gasteiger charge is -2.22. The Hall–Kier alpha value is -3.00. The summed E-state index contributed by atoms with van der Waals surface area (Å²) in [4.78, 5) is 29.2. The number of aryl methyl sites for hydroxylation is 1. The molecule has 0 bridgehead atoms. The Morgan fingerprint density at radius 3 is 3.11 bits per heavy atom. The van der Waals surface area contributed by atoms with Crippen LogP contribution in [-0.4, -0.2) is 33.6 Å². The van der Waals surface area contributed by atoms with Crippen molar-refractivity contribution in [3.63, 3.8) is 0 Å². The van der Waals surface area contributed by atoms with E-state index < -0.39 is 11.5 Å². The Morgan fingerprint density at radius 1 is 1.44 bits per heavy atom. The van der Waals surface area contributed by atoms with E-state index in [2.05, 4.69) is 20.7 Å². The summed E-state index contributed by atoms with van der Waals surface area (Å²) in [5.74, 6) is 0.368. The summed E-state index contributed by atoms with van der Waals surface area (Å²) < 4.78 is 7.12. The predicted octanol–water partition coefficient (Wildman–Crippen LogP) is 1.39. The average molecular weight is 367 g/mol. The van der Waals surface area contributed by atoms with Crippen molar-refractivity contribution >= 4 is 11.6 Å². The molecule has 1 fully saturated rings. The average Bonchev–Trinajstić information content (AvgIpc) is 3.16. The van der Waals surface area contributed by atoms with E-state index >= 15 is 0 Å². The number of piperidine rings is 1. The van der Waals surface area contributed by atoms with Crippen molar-refractivity contribution < 1.29 is 9.21 Å². The predicted molar refractivity (Wildman–Crippen MR) is 98.7 cm³/mol. The SMILES string of the molecule is Cc1cc(C2CCCNC2)oc(=O)c1C(=O)NCc1cccc2ncnn12. The number of amides is 1. The molecule has 4 rings (SSSR count). The molecule has 8 heteroatoms. The Balaban J connectivity index is 1.53. The Bertz CT molecular complexity index is 1030. The van der Waals surface area contributed by atoms with Gasteiger partial charge >= 0.3 is 5.63 Å². The highest BCUT2D eigenvalue weighted by molar-refractivity contribution is 5.95. The molecule has 1 saturated heterocycles. The van der Waals surface area contributed by atoms with E-state index in [0.717, 1.165) is 31.6 Å². The van der Waals surface area contributed by atoms with Crippen molar-refractivity contribution in [3.05, 3.63) is 63.6 Å². The second-order valence-electron chi connectivity index (χ2n) is 6.77. The number of nitrogens with zero attached hydrogens (tertiary/aromatic N) is 3. The first-order chi connectivity index (χ1) is 13.1. The Morgan fingerprint density at radius 2 is 2.33 bits per heavy atom. The van der Waals surface area contributed by atoms with Crippen molar-refractivity contribution in [2.75, 3.05) is 13.1 Å². The van der Waals surface area contributed by atoms with Gasteiger partial charge in [0.15, 0.2) is 5.65 Å². The van der Waals surface area contributed by atoms with Crippen molar-refractivity contribution in [1.29, 1.82) is 0 Å². The molecule has 3 aromatic heterocycles. The summed E-state index contributed by atoms with van der Waals surface area (Å²) in [6.45, 7) is 3.77. The molecule has 8 nitrogen and oxygen atoms in total. The van der Waals surface area contributed by atoms with Crippen LogP contribution in [0.2, 0.25) is 0 Å².